The lowest BCUT2D eigenvalue weighted by atomic mass is 9.96. The first-order chi connectivity index (χ1) is 19.4. The predicted molar refractivity (Wildman–Crippen MR) is 163 cm³/mol. The van der Waals surface area contributed by atoms with Gasteiger partial charge in [0, 0.05) is 69.8 Å². The van der Waals surface area contributed by atoms with E-state index >= 15 is 0 Å². The van der Waals surface area contributed by atoms with Crippen LogP contribution in [0.15, 0.2) is 72.8 Å². The second-order valence-electron chi connectivity index (χ2n) is 10.8. The van der Waals surface area contributed by atoms with Gasteiger partial charge in [0.05, 0.1) is 7.11 Å². The second-order valence-corrected chi connectivity index (χ2v) is 10.8. The number of fused-ring (bicyclic) bond motifs is 10. The Morgan fingerprint density at radius 2 is 1.50 bits per heavy atom. The number of H-pyrrole nitrogens is 2. The summed E-state index contributed by atoms with van der Waals surface area (Å²) in [6, 6.07) is 25.4. The average Bonchev–Trinajstić information content (AvgIpc) is 3.66. The van der Waals surface area contributed by atoms with Crippen molar-refractivity contribution in [3.05, 3.63) is 106 Å². The molecule has 0 saturated heterocycles. The standard InChI is InChI=1S/C18H17NO.C17H14N2O/c1-10-8-14-13(11(2)18(10)20-3)9-16-17(14)12-6-4-5-7-15(12)19-16;1-10(20)18-12-6-7-14-15(9-12)19-16-8-11-4-2-3-5-13(11)17(14)16/h4-8,19H,9H2,1-3H3;2-7,9,19H,8H2,1H3,(H,18,20). The highest BCUT2D eigenvalue weighted by Gasteiger charge is 2.27. The molecule has 4 aromatic carbocycles. The number of para-hydroxylation sites is 1. The first kappa shape index (κ1) is 24.3. The minimum Gasteiger partial charge on any atom is -0.496 e. The molecule has 1 amide bonds. The summed E-state index contributed by atoms with van der Waals surface area (Å²) >= 11 is 0. The maximum Gasteiger partial charge on any atom is 0.221 e. The van der Waals surface area contributed by atoms with Crippen LogP contribution in [-0.2, 0) is 17.6 Å². The van der Waals surface area contributed by atoms with Crippen molar-refractivity contribution >= 4 is 33.4 Å². The SMILES string of the molecule is CC(=O)Nc1ccc2c3c([nH]c2c1)Cc1ccccc1-3.COc1c(C)cc2c(c1C)Cc1[nH]c3ccccc3c1-2. The van der Waals surface area contributed by atoms with Gasteiger partial charge in [-0.2, -0.15) is 0 Å². The molecule has 6 aromatic rings. The van der Waals surface area contributed by atoms with Crippen LogP contribution in [0, 0.1) is 13.8 Å². The Labute approximate surface area is 233 Å². The molecule has 0 saturated carbocycles. The topological polar surface area (TPSA) is 69.9 Å². The number of carbonyl (C=O) groups excluding carboxylic acids is 1. The fraction of sp³-hybridized carbons (Fsp3) is 0.171. The van der Waals surface area contributed by atoms with Crippen molar-refractivity contribution in [1.82, 2.24) is 9.97 Å². The van der Waals surface area contributed by atoms with E-state index in [0.29, 0.717) is 0 Å². The van der Waals surface area contributed by atoms with Crippen molar-refractivity contribution in [3.63, 3.8) is 0 Å². The van der Waals surface area contributed by atoms with Crippen LogP contribution in [0.25, 0.3) is 44.1 Å². The van der Waals surface area contributed by atoms with Gasteiger partial charge in [-0.1, -0.05) is 48.5 Å². The summed E-state index contributed by atoms with van der Waals surface area (Å²) in [5.41, 5.74) is 16.4. The summed E-state index contributed by atoms with van der Waals surface area (Å²) in [6.07, 6.45) is 1.93. The number of aryl methyl sites for hydroxylation is 1. The largest absolute Gasteiger partial charge is 0.496 e. The molecule has 0 bridgehead atoms. The molecule has 3 N–H and O–H groups in total. The van der Waals surface area contributed by atoms with Gasteiger partial charge in [-0.05, 0) is 71.5 Å². The number of nitrogens with one attached hydrogen (secondary N) is 3. The molecule has 2 aromatic heterocycles. The number of aromatic nitrogens is 2. The van der Waals surface area contributed by atoms with Crippen LogP contribution in [0.2, 0.25) is 0 Å². The number of hydrogen-bond acceptors (Lipinski definition) is 2. The molecule has 2 aliphatic carbocycles. The maximum absolute atomic E-state index is 11.1. The Bertz CT molecular complexity index is 1970. The number of aromatic amines is 2. The van der Waals surface area contributed by atoms with Crippen LogP contribution in [-0.4, -0.2) is 23.0 Å². The lowest BCUT2D eigenvalue weighted by Crippen LogP contribution is -2.05. The number of hydrogen-bond donors (Lipinski definition) is 3. The molecular formula is C35H31N3O2. The molecule has 2 aliphatic rings. The summed E-state index contributed by atoms with van der Waals surface area (Å²) in [6.45, 7) is 5.81. The summed E-state index contributed by atoms with van der Waals surface area (Å²) in [5, 5.41) is 5.37. The average molecular weight is 526 g/mol. The molecule has 0 unspecified atom stereocenters. The van der Waals surface area contributed by atoms with E-state index in [1.807, 2.05) is 12.1 Å². The van der Waals surface area contributed by atoms with Crippen LogP contribution in [0.3, 0.4) is 0 Å². The number of amides is 1. The molecule has 5 nitrogen and oxygen atoms in total. The molecule has 5 heteroatoms. The minimum absolute atomic E-state index is 0.0474. The number of carbonyl (C=O) groups is 1. The van der Waals surface area contributed by atoms with Crippen molar-refractivity contribution in [2.24, 2.45) is 0 Å². The van der Waals surface area contributed by atoms with E-state index in [0.717, 1.165) is 29.8 Å². The Hall–Kier alpha value is -4.77. The van der Waals surface area contributed by atoms with E-state index in [2.05, 4.69) is 89.8 Å². The lowest BCUT2D eigenvalue weighted by molar-refractivity contribution is -0.114. The number of rotatable bonds is 2. The van der Waals surface area contributed by atoms with Gasteiger partial charge in [0.2, 0.25) is 5.91 Å². The fourth-order valence-electron chi connectivity index (χ4n) is 6.67. The van der Waals surface area contributed by atoms with E-state index in [1.54, 1.807) is 7.11 Å². The van der Waals surface area contributed by atoms with Gasteiger partial charge in [-0.25, -0.2) is 0 Å². The molecule has 8 rings (SSSR count). The Morgan fingerprint density at radius 1 is 0.800 bits per heavy atom. The predicted octanol–water partition coefficient (Wildman–Crippen LogP) is 8.06. The third kappa shape index (κ3) is 3.73. The van der Waals surface area contributed by atoms with Crippen molar-refractivity contribution in [2.45, 2.75) is 33.6 Å². The molecule has 0 spiro atoms. The van der Waals surface area contributed by atoms with Crippen LogP contribution < -0.4 is 10.1 Å². The maximum atomic E-state index is 11.1. The highest BCUT2D eigenvalue weighted by molar-refractivity contribution is 6.03. The highest BCUT2D eigenvalue weighted by atomic mass is 16.5. The molecular weight excluding hydrogens is 494 g/mol. The molecule has 2 heterocycles. The summed E-state index contributed by atoms with van der Waals surface area (Å²) in [7, 11) is 1.76. The lowest BCUT2D eigenvalue weighted by Gasteiger charge is -2.13. The molecule has 40 heavy (non-hydrogen) atoms. The van der Waals surface area contributed by atoms with Gasteiger partial charge in [-0.3, -0.25) is 4.79 Å². The van der Waals surface area contributed by atoms with Gasteiger partial charge in [0.15, 0.2) is 0 Å². The highest BCUT2D eigenvalue weighted by Crippen LogP contribution is 2.46. The fourth-order valence-corrected chi connectivity index (χ4v) is 6.67. The van der Waals surface area contributed by atoms with Crippen LogP contribution in [0.1, 0.15) is 40.6 Å². The van der Waals surface area contributed by atoms with E-state index in [4.69, 9.17) is 4.74 Å². The van der Waals surface area contributed by atoms with Gasteiger partial charge < -0.3 is 20.0 Å². The zero-order valence-electron chi connectivity index (χ0n) is 23.2. The van der Waals surface area contributed by atoms with Crippen LogP contribution in [0.5, 0.6) is 5.75 Å². The number of anilines is 1. The van der Waals surface area contributed by atoms with Gasteiger partial charge in [0.1, 0.15) is 5.75 Å². The zero-order valence-corrected chi connectivity index (χ0v) is 23.2. The van der Waals surface area contributed by atoms with Crippen LogP contribution in [0.4, 0.5) is 5.69 Å². The molecule has 0 atom stereocenters. The van der Waals surface area contributed by atoms with Gasteiger partial charge >= 0.3 is 0 Å². The van der Waals surface area contributed by atoms with Crippen molar-refractivity contribution in [1.29, 1.82) is 0 Å². The molecule has 0 fully saturated rings. The third-order valence-electron chi connectivity index (χ3n) is 8.30. The van der Waals surface area contributed by atoms with E-state index in [9.17, 15) is 4.79 Å². The van der Waals surface area contributed by atoms with Gasteiger partial charge in [0.25, 0.3) is 0 Å². The monoisotopic (exact) mass is 525 g/mol. The molecule has 0 radical (unpaired) electrons. The van der Waals surface area contributed by atoms with E-state index in [-0.39, 0.29) is 5.91 Å². The summed E-state index contributed by atoms with van der Waals surface area (Å²) in [5.74, 6) is 0.979. The number of ether oxygens (including phenoxy) is 1. The normalized spacial score (nSPS) is 12.4. The molecule has 0 aliphatic heterocycles. The quantitative estimate of drug-likeness (QED) is 0.214. The molecule has 198 valence electrons. The van der Waals surface area contributed by atoms with Crippen LogP contribution >= 0.6 is 0 Å². The Morgan fingerprint density at radius 3 is 2.33 bits per heavy atom. The van der Waals surface area contributed by atoms with E-state index in [1.165, 1.54) is 79.1 Å². The first-order valence-electron chi connectivity index (χ1n) is 13.7. The first-order valence-corrected chi connectivity index (χ1v) is 13.7. The van der Waals surface area contributed by atoms with E-state index < -0.39 is 0 Å². The third-order valence-corrected chi connectivity index (χ3v) is 8.30. The Balaban J connectivity index is 0.000000132. The summed E-state index contributed by atoms with van der Waals surface area (Å²) < 4.78 is 5.55. The Kier molecular flexibility index (Phi) is 5.56. The zero-order chi connectivity index (χ0) is 27.5. The minimum atomic E-state index is -0.0474. The van der Waals surface area contributed by atoms with Crippen molar-refractivity contribution in [3.8, 4) is 28.0 Å². The smallest absolute Gasteiger partial charge is 0.221 e. The number of benzene rings is 4. The second kappa shape index (κ2) is 9.16. The summed E-state index contributed by atoms with van der Waals surface area (Å²) in [4.78, 5) is 18.2. The van der Waals surface area contributed by atoms with Crippen molar-refractivity contribution in [2.75, 3.05) is 12.4 Å². The van der Waals surface area contributed by atoms with Crippen molar-refractivity contribution < 1.29 is 9.53 Å². The van der Waals surface area contributed by atoms with Gasteiger partial charge in [-0.15, -0.1) is 0 Å². The number of methoxy groups -OCH3 is 1.